The van der Waals surface area contributed by atoms with Gasteiger partial charge in [0.2, 0.25) is 5.82 Å². The molecule has 0 bridgehead atoms. The number of aromatic hydroxyl groups is 2. The molecule has 7 heteroatoms. The van der Waals surface area contributed by atoms with Crippen LogP contribution in [0.5, 0.6) is 11.5 Å². The lowest BCUT2D eigenvalue weighted by molar-refractivity contribution is -0.144. The van der Waals surface area contributed by atoms with Crippen molar-refractivity contribution in [3.8, 4) is 22.8 Å². The van der Waals surface area contributed by atoms with Crippen LogP contribution in [-0.2, 0) is 6.18 Å². The number of halogens is 3. The summed E-state index contributed by atoms with van der Waals surface area (Å²) in [6.07, 6.45) is -3.54. The molecule has 1 aromatic carbocycles. The van der Waals surface area contributed by atoms with Crippen molar-refractivity contribution in [2.24, 2.45) is 0 Å². The summed E-state index contributed by atoms with van der Waals surface area (Å²) in [6, 6.07) is 3.69. The third-order valence-corrected chi connectivity index (χ3v) is 2.13. The highest BCUT2D eigenvalue weighted by molar-refractivity contribution is 5.63. The van der Waals surface area contributed by atoms with Crippen LogP contribution in [0.15, 0.2) is 24.4 Å². The molecule has 1 heterocycles. The first-order chi connectivity index (χ1) is 7.88. The highest BCUT2D eigenvalue weighted by Crippen LogP contribution is 2.32. The number of benzene rings is 1. The Morgan fingerprint density at radius 3 is 2.35 bits per heavy atom. The van der Waals surface area contributed by atoms with Gasteiger partial charge in [0.05, 0.1) is 11.9 Å². The maximum absolute atomic E-state index is 12.3. The number of alkyl halides is 3. The van der Waals surface area contributed by atoms with E-state index in [1.165, 1.54) is 12.1 Å². The van der Waals surface area contributed by atoms with Crippen LogP contribution >= 0.6 is 0 Å². The summed E-state index contributed by atoms with van der Waals surface area (Å²) in [4.78, 5) is 5.28. The predicted molar refractivity (Wildman–Crippen MR) is 52.4 cm³/mol. The quantitative estimate of drug-likeness (QED) is 0.675. The van der Waals surface area contributed by atoms with Gasteiger partial charge in [-0.15, -0.1) is 0 Å². The molecule has 4 nitrogen and oxygen atoms in total. The standard InChI is InChI=1S/C10H7F3N2O2/c11-10(12,13)9-14-4-6(15-9)5-1-2-7(16)8(17)3-5/h1-4,16-17H,(H,14,15). The summed E-state index contributed by atoms with van der Waals surface area (Å²) in [6.45, 7) is 0. The molecular formula is C10H7F3N2O2. The molecule has 0 saturated heterocycles. The fourth-order valence-corrected chi connectivity index (χ4v) is 1.30. The van der Waals surface area contributed by atoms with Gasteiger partial charge in [-0.2, -0.15) is 13.2 Å². The fourth-order valence-electron chi connectivity index (χ4n) is 1.30. The minimum atomic E-state index is -4.54. The molecule has 2 aromatic rings. The Bertz CT molecular complexity index is 549. The molecule has 0 fully saturated rings. The predicted octanol–water partition coefficient (Wildman–Crippen LogP) is 2.51. The zero-order chi connectivity index (χ0) is 12.6. The SMILES string of the molecule is Oc1ccc(-c2cnc(C(F)(F)F)[nH]2)cc1O. The van der Waals surface area contributed by atoms with Crippen molar-refractivity contribution in [3.05, 3.63) is 30.2 Å². The van der Waals surface area contributed by atoms with Crippen molar-refractivity contribution < 1.29 is 23.4 Å². The Balaban J connectivity index is 2.40. The zero-order valence-corrected chi connectivity index (χ0v) is 8.28. The van der Waals surface area contributed by atoms with Crippen LogP contribution in [0.2, 0.25) is 0 Å². The monoisotopic (exact) mass is 244 g/mol. The van der Waals surface area contributed by atoms with Crippen molar-refractivity contribution in [2.75, 3.05) is 0 Å². The van der Waals surface area contributed by atoms with Crippen LogP contribution in [0.1, 0.15) is 5.82 Å². The van der Waals surface area contributed by atoms with Crippen molar-refractivity contribution >= 4 is 0 Å². The van der Waals surface area contributed by atoms with E-state index in [4.69, 9.17) is 5.11 Å². The van der Waals surface area contributed by atoms with E-state index in [1.54, 1.807) is 0 Å². The van der Waals surface area contributed by atoms with Crippen molar-refractivity contribution in [1.29, 1.82) is 0 Å². The number of nitrogens with zero attached hydrogens (tertiary/aromatic N) is 1. The highest BCUT2D eigenvalue weighted by atomic mass is 19.4. The number of phenolic OH excluding ortho intramolecular Hbond substituents is 2. The van der Waals surface area contributed by atoms with Gasteiger partial charge >= 0.3 is 6.18 Å². The second kappa shape index (κ2) is 3.69. The third kappa shape index (κ3) is 2.17. The van der Waals surface area contributed by atoms with Crippen molar-refractivity contribution in [3.63, 3.8) is 0 Å². The number of phenols is 2. The summed E-state index contributed by atoms with van der Waals surface area (Å²) < 4.78 is 36.8. The van der Waals surface area contributed by atoms with Gasteiger partial charge in [-0.25, -0.2) is 4.98 Å². The van der Waals surface area contributed by atoms with Gasteiger partial charge in [-0.05, 0) is 18.2 Å². The minimum absolute atomic E-state index is 0.104. The van der Waals surface area contributed by atoms with Crippen LogP contribution in [-0.4, -0.2) is 20.2 Å². The average Bonchev–Trinajstić information content (AvgIpc) is 2.70. The molecule has 90 valence electrons. The summed E-state index contributed by atoms with van der Waals surface area (Å²) in [5.74, 6) is -1.87. The number of nitrogens with one attached hydrogen (secondary N) is 1. The summed E-state index contributed by atoms with van der Waals surface area (Å²) in [5.41, 5.74) is 0.399. The second-order valence-corrected chi connectivity index (χ2v) is 3.35. The molecule has 0 amide bonds. The van der Waals surface area contributed by atoms with E-state index in [-0.39, 0.29) is 11.4 Å². The molecule has 2 rings (SSSR count). The Morgan fingerprint density at radius 1 is 1.12 bits per heavy atom. The topological polar surface area (TPSA) is 69.1 Å². The third-order valence-electron chi connectivity index (χ3n) is 2.13. The van der Waals surface area contributed by atoms with Crippen LogP contribution < -0.4 is 0 Å². The van der Waals surface area contributed by atoms with Gasteiger partial charge in [0.15, 0.2) is 11.5 Å². The molecule has 0 aliphatic rings. The molecule has 0 saturated carbocycles. The Hall–Kier alpha value is -2.18. The molecule has 0 atom stereocenters. The van der Waals surface area contributed by atoms with Gasteiger partial charge in [-0.3, -0.25) is 0 Å². The largest absolute Gasteiger partial charge is 0.504 e. The van der Waals surface area contributed by atoms with Crippen LogP contribution in [0.4, 0.5) is 13.2 Å². The van der Waals surface area contributed by atoms with Gasteiger partial charge in [0, 0.05) is 5.56 Å². The van der Waals surface area contributed by atoms with E-state index in [0.29, 0.717) is 5.56 Å². The van der Waals surface area contributed by atoms with Crippen LogP contribution in [0, 0.1) is 0 Å². The summed E-state index contributed by atoms with van der Waals surface area (Å²) >= 11 is 0. The Labute approximate surface area is 93.4 Å². The first kappa shape index (κ1) is 11.3. The van der Waals surface area contributed by atoms with Crippen molar-refractivity contribution in [2.45, 2.75) is 6.18 Å². The summed E-state index contributed by atoms with van der Waals surface area (Å²) in [5, 5.41) is 18.3. The van der Waals surface area contributed by atoms with Gasteiger partial charge in [0.1, 0.15) is 0 Å². The lowest BCUT2D eigenvalue weighted by Gasteiger charge is -2.02. The molecule has 0 spiro atoms. The summed E-state index contributed by atoms with van der Waals surface area (Å²) in [7, 11) is 0. The van der Waals surface area contributed by atoms with E-state index in [9.17, 15) is 18.3 Å². The smallest absolute Gasteiger partial charge is 0.449 e. The molecule has 0 radical (unpaired) electrons. The fraction of sp³-hybridized carbons (Fsp3) is 0.100. The van der Waals surface area contributed by atoms with E-state index < -0.39 is 17.8 Å². The number of aromatic amines is 1. The van der Waals surface area contributed by atoms with E-state index in [1.807, 2.05) is 0 Å². The molecule has 1 aromatic heterocycles. The second-order valence-electron chi connectivity index (χ2n) is 3.35. The van der Waals surface area contributed by atoms with E-state index in [0.717, 1.165) is 12.3 Å². The highest BCUT2D eigenvalue weighted by Gasteiger charge is 2.34. The van der Waals surface area contributed by atoms with Crippen LogP contribution in [0.3, 0.4) is 0 Å². The number of rotatable bonds is 1. The van der Waals surface area contributed by atoms with E-state index >= 15 is 0 Å². The van der Waals surface area contributed by atoms with Crippen LogP contribution in [0.25, 0.3) is 11.3 Å². The zero-order valence-electron chi connectivity index (χ0n) is 8.28. The first-order valence-corrected chi connectivity index (χ1v) is 4.52. The number of H-pyrrole nitrogens is 1. The first-order valence-electron chi connectivity index (χ1n) is 4.52. The molecule has 3 N–H and O–H groups in total. The number of imidazole rings is 1. The lowest BCUT2D eigenvalue weighted by atomic mass is 10.1. The molecule has 0 aliphatic heterocycles. The average molecular weight is 244 g/mol. The minimum Gasteiger partial charge on any atom is -0.504 e. The number of hydrogen-bond acceptors (Lipinski definition) is 3. The van der Waals surface area contributed by atoms with E-state index in [2.05, 4.69) is 9.97 Å². The normalized spacial score (nSPS) is 11.7. The lowest BCUT2D eigenvalue weighted by Crippen LogP contribution is -2.07. The number of aromatic nitrogens is 2. The molecule has 0 aliphatic carbocycles. The van der Waals surface area contributed by atoms with Crippen molar-refractivity contribution in [1.82, 2.24) is 9.97 Å². The Morgan fingerprint density at radius 2 is 1.82 bits per heavy atom. The molecule has 17 heavy (non-hydrogen) atoms. The van der Waals surface area contributed by atoms with Gasteiger partial charge < -0.3 is 15.2 Å². The maximum atomic E-state index is 12.3. The molecule has 0 unspecified atom stereocenters. The number of hydrogen-bond donors (Lipinski definition) is 3. The van der Waals surface area contributed by atoms with Gasteiger partial charge in [0.25, 0.3) is 0 Å². The maximum Gasteiger partial charge on any atom is 0.449 e. The Kier molecular flexibility index (Phi) is 2.45. The van der Waals surface area contributed by atoms with Gasteiger partial charge in [-0.1, -0.05) is 0 Å². The molecular weight excluding hydrogens is 237 g/mol.